The number of piperidine rings is 1. The summed E-state index contributed by atoms with van der Waals surface area (Å²) in [5.41, 5.74) is 1.06. The Morgan fingerprint density at radius 3 is 2.68 bits per heavy atom. The van der Waals surface area contributed by atoms with E-state index in [1.165, 1.54) is 12.8 Å². The first-order chi connectivity index (χ1) is 9.13. The molecule has 1 fully saturated rings. The second-order valence-corrected chi connectivity index (χ2v) is 5.53. The molecule has 0 radical (unpaired) electrons. The van der Waals surface area contributed by atoms with Crippen LogP contribution in [0, 0.1) is 12.8 Å². The third-order valence-corrected chi connectivity index (χ3v) is 3.86. The van der Waals surface area contributed by atoms with E-state index in [1.807, 2.05) is 0 Å². The summed E-state index contributed by atoms with van der Waals surface area (Å²) < 4.78 is 0. The Hall–Kier alpha value is -1.32. The Balaban J connectivity index is 2.25. The molecule has 0 spiro atoms. The van der Waals surface area contributed by atoms with Crippen LogP contribution in [0.4, 0.5) is 11.8 Å². The van der Waals surface area contributed by atoms with Gasteiger partial charge < -0.3 is 9.80 Å². The molecule has 1 aliphatic rings. The van der Waals surface area contributed by atoms with Crippen LogP contribution in [0.2, 0.25) is 0 Å². The van der Waals surface area contributed by atoms with Gasteiger partial charge in [-0.15, -0.1) is 0 Å². The quantitative estimate of drug-likeness (QED) is 0.835. The normalized spacial score (nSPS) is 19.6. The van der Waals surface area contributed by atoms with Gasteiger partial charge in [-0.1, -0.05) is 6.92 Å². The van der Waals surface area contributed by atoms with Crippen molar-refractivity contribution in [1.29, 1.82) is 0 Å². The molecule has 1 aromatic heterocycles. The van der Waals surface area contributed by atoms with Gasteiger partial charge in [-0.3, -0.25) is 0 Å². The zero-order valence-electron chi connectivity index (χ0n) is 12.7. The highest BCUT2D eigenvalue weighted by Gasteiger charge is 2.19. The fourth-order valence-corrected chi connectivity index (χ4v) is 2.76. The minimum absolute atomic E-state index is 0.745. The molecule has 1 saturated heterocycles. The molecule has 0 N–H and O–H groups in total. The first-order valence-electron chi connectivity index (χ1n) is 7.49. The molecule has 2 rings (SSSR count). The lowest BCUT2D eigenvalue weighted by molar-refractivity contribution is 0.442. The molecule has 1 aliphatic heterocycles. The van der Waals surface area contributed by atoms with Crippen LogP contribution >= 0.6 is 0 Å². The van der Waals surface area contributed by atoms with Crippen LogP contribution in [0.5, 0.6) is 0 Å². The Labute approximate surface area is 116 Å². The lowest BCUT2D eigenvalue weighted by atomic mass is 10.0. The van der Waals surface area contributed by atoms with Crippen molar-refractivity contribution in [3.05, 3.63) is 11.8 Å². The summed E-state index contributed by atoms with van der Waals surface area (Å²) >= 11 is 0. The molecule has 106 valence electrons. The molecule has 0 saturated carbocycles. The van der Waals surface area contributed by atoms with Gasteiger partial charge in [0.2, 0.25) is 5.95 Å². The zero-order valence-corrected chi connectivity index (χ0v) is 12.7. The van der Waals surface area contributed by atoms with Crippen molar-refractivity contribution in [2.75, 3.05) is 36.0 Å². The van der Waals surface area contributed by atoms with E-state index in [2.05, 4.69) is 48.5 Å². The van der Waals surface area contributed by atoms with E-state index in [-0.39, 0.29) is 0 Å². The van der Waals surface area contributed by atoms with E-state index in [4.69, 9.17) is 4.98 Å². The van der Waals surface area contributed by atoms with Gasteiger partial charge in [-0.2, -0.15) is 4.98 Å². The number of hydrogen-bond donors (Lipinski definition) is 0. The molecule has 0 aliphatic carbocycles. The number of rotatable bonds is 4. The third kappa shape index (κ3) is 3.37. The second kappa shape index (κ2) is 6.22. The predicted octanol–water partition coefficient (Wildman–Crippen LogP) is 2.87. The molecular weight excluding hydrogens is 236 g/mol. The molecular formula is C15H26N4. The summed E-state index contributed by atoms with van der Waals surface area (Å²) in [6, 6.07) is 2.09. The predicted molar refractivity (Wildman–Crippen MR) is 80.9 cm³/mol. The fraction of sp³-hybridized carbons (Fsp3) is 0.733. The first-order valence-corrected chi connectivity index (χ1v) is 7.49. The lowest BCUT2D eigenvalue weighted by Crippen LogP contribution is -2.36. The van der Waals surface area contributed by atoms with Crippen molar-refractivity contribution in [2.24, 2.45) is 5.92 Å². The maximum absolute atomic E-state index is 4.77. The van der Waals surface area contributed by atoms with Crippen molar-refractivity contribution in [1.82, 2.24) is 9.97 Å². The maximum Gasteiger partial charge on any atom is 0.227 e. The highest BCUT2D eigenvalue weighted by Crippen LogP contribution is 2.22. The monoisotopic (exact) mass is 262 g/mol. The van der Waals surface area contributed by atoms with Crippen LogP contribution < -0.4 is 9.80 Å². The molecule has 1 aromatic rings. The van der Waals surface area contributed by atoms with Gasteiger partial charge in [0, 0.05) is 37.9 Å². The number of aryl methyl sites for hydroxylation is 1. The van der Waals surface area contributed by atoms with Gasteiger partial charge >= 0.3 is 0 Å². The van der Waals surface area contributed by atoms with Gasteiger partial charge in [0.1, 0.15) is 5.82 Å². The van der Waals surface area contributed by atoms with Crippen LogP contribution in [0.1, 0.15) is 39.3 Å². The molecule has 0 amide bonds. The summed E-state index contributed by atoms with van der Waals surface area (Å²) in [5.74, 6) is 2.72. The van der Waals surface area contributed by atoms with Crippen molar-refractivity contribution in [3.63, 3.8) is 0 Å². The lowest BCUT2D eigenvalue weighted by Gasteiger charge is -2.32. The van der Waals surface area contributed by atoms with E-state index in [1.54, 1.807) is 0 Å². The molecule has 0 bridgehead atoms. The van der Waals surface area contributed by atoms with Gasteiger partial charge in [-0.05, 0) is 39.5 Å². The number of hydrogen-bond acceptors (Lipinski definition) is 4. The maximum atomic E-state index is 4.77. The first kappa shape index (κ1) is 14.1. The Morgan fingerprint density at radius 2 is 2.05 bits per heavy atom. The summed E-state index contributed by atoms with van der Waals surface area (Å²) in [5, 5.41) is 0. The Kier molecular flexibility index (Phi) is 4.61. The highest BCUT2D eigenvalue weighted by atomic mass is 15.3. The van der Waals surface area contributed by atoms with E-state index in [9.17, 15) is 0 Å². The average Bonchev–Trinajstić information content (AvgIpc) is 2.39. The van der Waals surface area contributed by atoms with Crippen molar-refractivity contribution in [2.45, 2.75) is 40.5 Å². The largest absolute Gasteiger partial charge is 0.357 e. The molecule has 1 atom stereocenters. The van der Waals surface area contributed by atoms with Crippen LogP contribution in [0.3, 0.4) is 0 Å². The van der Waals surface area contributed by atoms with Crippen LogP contribution in [-0.2, 0) is 0 Å². The van der Waals surface area contributed by atoms with Crippen LogP contribution in [0.15, 0.2) is 6.07 Å². The number of nitrogens with zero attached hydrogens (tertiary/aromatic N) is 4. The second-order valence-electron chi connectivity index (χ2n) is 5.53. The molecule has 1 unspecified atom stereocenters. The SMILES string of the molecule is CCN(CC)c1cc(C)nc(N2CCCC(C)C2)n1. The molecule has 2 heterocycles. The minimum Gasteiger partial charge on any atom is -0.357 e. The van der Waals surface area contributed by atoms with Crippen molar-refractivity contribution in [3.8, 4) is 0 Å². The summed E-state index contributed by atoms with van der Waals surface area (Å²) in [6.07, 6.45) is 2.57. The van der Waals surface area contributed by atoms with E-state index >= 15 is 0 Å². The third-order valence-electron chi connectivity index (χ3n) is 3.86. The average molecular weight is 262 g/mol. The number of aromatic nitrogens is 2. The Morgan fingerprint density at radius 1 is 1.32 bits per heavy atom. The summed E-state index contributed by atoms with van der Waals surface area (Å²) in [7, 11) is 0. The smallest absolute Gasteiger partial charge is 0.227 e. The number of anilines is 2. The van der Waals surface area contributed by atoms with E-state index < -0.39 is 0 Å². The molecule has 19 heavy (non-hydrogen) atoms. The van der Waals surface area contributed by atoms with Crippen LogP contribution in [0.25, 0.3) is 0 Å². The standard InChI is InChI=1S/C15H26N4/c1-5-18(6-2)14-10-13(4)16-15(17-14)19-9-7-8-12(3)11-19/h10,12H,5-9,11H2,1-4H3. The molecule has 4 nitrogen and oxygen atoms in total. The van der Waals surface area contributed by atoms with Gasteiger partial charge in [0.25, 0.3) is 0 Å². The minimum atomic E-state index is 0.745. The topological polar surface area (TPSA) is 32.3 Å². The van der Waals surface area contributed by atoms with Crippen molar-refractivity contribution >= 4 is 11.8 Å². The van der Waals surface area contributed by atoms with Gasteiger partial charge in [0.15, 0.2) is 0 Å². The van der Waals surface area contributed by atoms with Gasteiger partial charge in [0.05, 0.1) is 0 Å². The van der Waals surface area contributed by atoms with Crippen molar-refractivity contribution < 1.29 is 0 Å². The van der Waals surface area contributed by atoms with Crippen LogP contribution in [-0.4, -0.2) is 36.1 Å². The van der Waals surface area contributed by atoms with E-state index in [0.29, 0.717) is 0 Å². The molecule has 0 aromatic carbocycles. The molecule has 4 heteroatoms. The highest BCUT2D eigenvalue weighted by molar-refractivity contribution is 5.46. The summed E-state index contributed by atoms with van der Waals surface area (Å²) in [4.78, 5) is 14.0. The summed E-state index contributed by atoms with van der Waals surface area (Å²) in [6.45, 7) is 12.9. The zero-order chi connectivity index (χ0) is 13.8. The Bertz CT molecular complexity index is 415. The van der Waals surface area contributed by atoms with Gasteiger partial charge in [-0.25, -0.2) is 4.98 Å². The van der Waals surface area contributed by atoms with E-state index in [0.717, 1.165) is 49.6 Å². The fourth-order valence-electron chi connectivity index (χ4n) is 2.76.